The summed E-state index contributed by atoms with van der Waals surface area (Å²) in [6, 6.07) is 13.9. The van der Waals surface area contributed by atoms with Crippen molar-refractivity contribution in [2.75, 3.05) is 18.8 Å². The van der Waals surface area contributed by atoms with Gasteiger partial charge in [0.15, 0.2) is 6.10 Å². The zero-order chi connectivity index (χ0) is 23.5. The van der Waals surface area contributed by atoms with Crippen LogP contribution in [0.5, 0.6) is 5.75 Å². The number of carbonyl (C=O) groups is 1. The van der Waals surface area contributed by atoms with Gasteiger partial charge in [-0.2, -0.15) is 0 Å². The topological polar surface area (TPSA) is 81.4 Å². The fourth-order valence-electron chi connectivity index (χ4n) is 3.87. The van der Waals surface area contributed by atoms with Crippen molar-refractivity contribution in [2.45, 2.75) is 37.0 Å². The van der Waals surface area contributed by atoms with Gasteiger partial charge in [0, 0.05) is 19.0 Å². The number of likely N-dealkylation sites (tertiary alicyclic amines) is 1. The van der Waals surface area contributed by atoms with Gasteiger partial charge in [0.05, 0.1) is 21.0 Å². The number of fused-ring (bicyclic) bond motifs is 1. The predicted molar refractivity (Wildman–Crippen MR) is 129 cm³/mol. The molecule has 1 amide bonds. The number of hydrogen-bond donors (Lipinski definition) is 0. The number of benzene rings is 2. The Bertz CT molecular complexity index is 1240. The highest BCUT2D eigenvalue weighted by atomic mass is 32.2. The molecule has 3 heterocycles. The van der Waals surface area contributed by atoms with Crippen LogP contribution in [0.15, 0.2) is 58.2 Å². The number of thiazole rings is 1. The first kappa shape index (κ1) is 22.8. The van der Waals surface area contributed by atoms with Crippen molar-refractivity contribution in [3.63, 3.8) is 0 Å². The Balaban J connectivity index is 1.10. The summed E-state index contributed by atoms with van der Waals surface area (Å²) in [5.74, 6) is 1.17. The molecular weight excluding hydrogens is 475 g/mol. The van der Waals surface area contributed by atoms with Crippen LogP contribution in [0.1, 0.15) is 42.7 Å². The SMILES string of the molecule is C[C@@H](Oc1ccc(F)cc1)c1nnc(SCC(=O)N2CCC(c3nc4ccccc4s3)CC2)o1. The van der Waals surface area contributed by atoms with E-state index in [0.29, 0.717) is 22.8 Å². The minimum absolute atomic E-state index is 0.0584. The molecule has 0 bridgehead atoms. The summed E-state index contributed by atoms with van der Waals surface area (Å²) in [5.41, 5.74) is 1.05. The van der Waals surface area contributed by atoms with Crippen molar-refractivity contribution < 1.29 is 18.3 Å². The summed E-state index contributed by atoms with van der Waals surface area (Å²) < 4.78 is 25.6. The van der Waals surface area contributed by atoms with Crippen molar-refractivity contribution in [3.05, 3.63) is 65.2 Å². The fraction of sp³-hybridized carbons (Fsp3) is 0.333. The van der Waals surface area contributed by atoms with Crippen LogP contribution in [0.4, 0.5) is 4.39 Å². The minimum Gasteiger partial charge on any atom is -0.481 e. The number of amides is 1. The molecule has 0 spiro atoms. The van der Waals surface area contributed by atoms with E-state index in [-0.39, 0.29) is 17.5 Å². The van der Waals surface area contributed by atoms with E-state index in [1.54, 1.807) is 18.3 Å². The summed E-state index contributed by atoms with van der Waals surface area (Å²) in [6.45, 7) is 3.21. The molecule has 4 aromatic rings. The lowest BCUT2D eigenvalue weighted by Gasteiger charge is -2.31. The van der Waals surface area contributed by atoms with Gasteiger partial charge in [0.25, 0.3) is 11.1 Å². The molecule has 1 aliphatic rings. The van der Waals surface area contributed by atoms with Crippen LogP contribution in [0.25, 0.3) is 10.2 Å². The number of nitrogens with zero attached hydrogens (tertiary/aromatic N) is 4. The molecule has 2 aromatic heterocycles. The molecule has 10 heteroatoms. The van der Waals surface area contributed by atoms with Crippen LogP contribution in [-0.4, -0.2) is 44.8 Å². The summed E-state index contributed by atoms with van der Waals surface area (Å²) >= 11 is 2.98. The number of aromatic nitrogens is 3. The number of rotatable bonds is 7. The third-order valence-corrected chi connectivity index (χ3v) is 7.72. The predicted octanol–water partition coefficient (Wildman–Crippen LogP) is 5.46. The Labute approximate surface area is 204 Å². The van der Waals surface area contributed by atoms with Crippen molar-refractivity contribution in [1.29, 1.82) is 0 Å². The van der Waals surface area contributed by atoms with Crippen LogP contribution in [0.3, 0.4) is 0 Å². The van der Waals surface area contributed by atoms with E-state index in [2.05, 4.69) is 16.3 Å². The monoisotopic (exact) mass is 498 g/mol. The minimum atomic E-state index is -0.496. The Hall–Kier alpha value is -2.98. The average Bonchev–Trinajstić information content (AvgIpc) is 3.51. The van der Waals surface area contributed by atoms with Crippen molar-refractivity contribution in [1.82, 2.24) is 20.1 Å². The molecule has 1 fully saturated rings. The molecule has 0 radical (unpaired) electrons. The highest BCUT2D eigenvalue weighted by Gasteiger charge is 2.26. The number of para-hydroxylation sites is 1. The van der Waals surface area contributed by atoms with Crippen molar-refractivity contribution >= 4 is 39.2 Å². The summed E-state index contributed by atoms with van der Waals surface area (Å²) in [4.78, 5) is 19.4. The van der Waals surface area contributed by atoms with Crippen molar-refractivity contribution in [2.24, 2.45) is 0 Å². The largest absolute Gasteiger partial charge is 0.481 e. The van der Waals surface area contributed by atoms with Gasteiger partial charge < -0.3 is 14.1 Å². The molecule has 176 valence electrons. The third kappa shape index (κ3) is 5.23. The number of hydrogen-bond acceptors (Lipinski definition) is 8. The van der Waals surface area contributed by atoms with Gasteiger partial charge in [-0.25, -0.2) is 9.37 Å². The van der Waals surface area contributed by atoms with Crippen LogP contribution in [0.2, 0.25) is 0 Å². The summed E-state index contributed by atoms with van der Waals surface area (Å²) in [7, 11) is 0. The lowest BCUT2D eigenvalue weighted by Crippen LogP contribution is -2.38. The molecule has 2 aromatic carbocycles. The number of carbonyl (C=O) groups excluding carboxylic acids is 1. The van der Waals surface area contributed by atoms with E-state index in [1.165, 1.54) is 40.7 Å². The van der Waals surface area contributed by atoms with E-state index >= 15 is 0 Å². The standard InChI is InChI=1S/C24H23FN4O3S2/c1-15(31-18-8-6-17(25)7-9-18)22-27-28-24(32-22)33-14-21(30)29-12-10-16(11-13-29)23-26-19-4-2-3-5-20(19)34-23/h2-9,15-16H,10-14H2,1H3/t15-/m1/s1. The number of piperidine rings is 1. The molecule has 5 rings (SSSR count). The van der Waals surface area contributed by atoms with E-state index < -0.39 is 6.10 Å². The zero-order valence-electron chi connectivity index (χ0n) is 18.5. The normalized spacial score (nSPS) is 15.5. The number of halogens is 1. The maximum absolute atomic E-state index is 13.0. The van der Waals surface area contributed by atoms with Gasteiger partial charge in [-0.15, -0.1) is 21.5 Å². The molecule has 1 saturated heterocycles. The Kier molecular flexibility index (Phi) is 6.77. The fourth-order valence-corrected chi connectivity index (χ4v) is 5.67. The molecule has 0 N–H and O–H groups in total. The third-order valence-electron chi connectivity index (χ3n) is 5.72. The molecule has 0 unspecified atom stereocenters. The second-order valence-corrected chi connectivity index (χ2v) is 10.1. The van der Waals surface area contributed by atoms with E-state index in [9.17, 15) is 9.18 Å². The van der Waals surface area contributed by atoms with Crippen LogP contribution < -0.4 is 4.74 Å². The van der Waals surface area contributed by atoms with E-state index in [4.69, 9.17) is 14.1 Å². The lowest BCUT2D eigenvalue weighted by molar-refractivity contribution is -0.129. The van der Waals surface area contributed by atoms with Gasteiger partial charge in [-0.1, -0.05) is 23.9 Å². The quantitative estimate of drug-likeness (QED) is 0.313. The summed E-state index contributed by atoms with van der Waals surface area (Å²) in [5, 5.41) is 9.51. The van der Waals surface area contributed by atoms with Gasteiger partial charge in [-0.05, 0) is 56.2 Å². The van der Waals surface area contributed by atoms with Gasteiger partial charge in [0.1, 0.15) is 11.6 Å². The maximum Gasteiger partial charge on any atom is 0.277 e. The molecule has 34 heavy (non-hydrogen) atoms. The number of ether oxygens (including phenoxy) is 1. The second kappa shape index (κ2) is 10.1. The lowest BCUT2D eigenvalue weighted by atomic mass is 9.97. The van der Waals surface area contributed by atoms with Crippen LogP contribution in [-0.2, 0) is 4.79 Å². The van der Waals surface area contributed by atoms with Gasteiger partial charge >= 0.3 is 0 Å². The molecule has 7 nitrogen and oxygen atoms in total. The second-order valence-electron chi connectivity index (χ2n) is 8.08. The molecule has 1 atom stereocenters. The number of thioether (sulfide) groups is 1. The molecule has 0 aliphatic carbocycles. The van der Waals surface area contributed by atoms with Crippen LogP contribution in [0, 0.1) is 5.82 Å². The first-order valence-corrected chi connectivity index (χ1v) is 12.9. The summed E-state index contributed by atoms with van der Waals surface area (Å²) in [6.07, 6.45) is 1.34. The Morgan fingerprint density at radius 2 is 1.97 bits per heavy atom. The van der Waals surface area contributed by atoms with Crippen LogP contribution >= 0.6 is 23.1 Å². The van der Waals surface area contributed by atoms with Gasteiger partial charge in [-0.3, -0.25) is 4.79 Å². The first-order valence-electron chi connectivity index (χ1n) is 11.1. The van der Waals surface area contributed by atoms with Crippen molar-refractivity contribution in [3.8, 4) is 5.75 Å². The average molecular weight is 499 g/mol. The smallest absolute Gasteiger partial charge is 0.277 e. The van der Waals surface area contributed by atoms with E-state index in [1.807, 2.05) is 23.1 Å². The molecular formula is C24H23FN4O3S2. The first-order chi connectivity index (χ1) is 16.5. The molecule has 0 saturated carbocycles. The van der Waals surface area contributed by atoms with Gasteiger partial charge in [0.2, 0.25) is 5.91 Å². The highest BCUT2D eigenvalue weighted by molar-refractivity contribution is 7.99. The maximum atomic E-state index is 13.0. The Morgan fingerprint density at radius 1 is 1.21 bits per heavy atom. The van der Waals surface area contributed by atoms with E-state index in [0.717, 1.165) is 36.5 Å². The Morgan fingerprint density at radius 3 is 2.74 bits per heavy atom. The highest BCUT2D eigenvalue weighted by Crippen LogP contribution is 2.34. The molecule has 1 aliphatic heterocycles. The zero-order valence-corrected chi connectivity index (χ0v) is 20.2.